The van der Waals surface area contributed by atoms with Crippen molar-refractivity contribution in [2.24, 2.45) is 0 Å². The third-order valence-electron chi connectivity index (χ3n) is 4.61. The molecule has 112 valence electrons. The van der Waals surface area contributed by atoms with Crippen LogP contribution < -0.4 is 4.99 Å². The van der Waals surface area contributed by atoms with Gasteiger partial charge in [-0.15, -0.1) is 0 Å². The molecule has 21 heavy (non-hydrogen) atoms. The van der Waals surface area contributed by atoms with Crippen molar-refractivity contribution in [1.29, 1.82) is 0 Å². The third-order valence-corrected chi connectivity index (χ3v) is 4.61. The molecule has 2 heteroatoms. The zero-order valence-electron chi connectivity index (χ0n) is 13.2. The summed E-state index contributed by atoms with van der Waals surface area (Å²) in [4.78, 5) is 7.25. The highest BCUT2D eigenvalue weighted by molar-refractivity contribution is 6.02. The lowest BCUT2D eigenvalue weighted by molar-refractivity contribution is -0.459. The van der Waals surface area contributed by atoms with Crippen molar-refractivity contribution in [3.63, 3.8) is 0 Å². The first-order valence-electron chi connectivity index (χ1n) is 8.60. The first-order valence-corrected chi connectivity index (χ1v) is 8.60. The highest BCUT2D eigenvalue weighted by Gasteiger charge is 2.23. The molecule has 3 rings (SSSR count). The molecular formula is C19H27N2+. The van der Waals surface area contributed by atoms with Gasteiger partial charge in [-0.25, -0.2) is 4.99 Å². The van der Waals surface area contributed by atoms with Gasteiger partial charge in [-0.05, 0) is 18.1 Å². The molecule has 0 saturated carbocycles. The Morgan fingerprint density at radius 3 is 2.76 bits per heavy atom. The number of fused-ring (bicyclic) bond motifs is 3. The van der Waals surface area contributed by atoms with E-state index in [9.17, 15) is 0 Å². The minimum absolute atomic E-state index is 1.08. The second-order valence-electron chi connectivity index (χ2n) is 6.20. The molecule has 1 aliphatic rings. The summed E-state index contributed by atoms with van der Waals surface area (Å²) in [5.41, 5.74) is 5.61. The average Bonchev–Trinajstić information content (AvgIpc) is 2.90. The van der Waals surface area contributed by atoms with Crippen molar-refractivity contribution in [2.45, 2.75) is 58.3 Å². The van der Waals surface area contributed by atoms with E-state index in [1.807, 2.05) is 0 Å². The van der Waals surface area contributed by atoms with E-state index in [-0.39, 0.29) is 0 Å². The van der Waals surface area contributed by atoms with Crippen molar-refractivity contribution < 1.29 is 4.99 Å². The van der Waals surface area contributed by atoms with Gasteiger partial charge in [0.25, 0.3) is 0 Å². The first kappa shape index (κ1) is 14.4. The molecule has 0 bridgehead atoms. The van der Waals surface area contributed by atoms with Crippen LogP contribution in [0.1, 0.15) is 63.1 Å². The molecule has 1 aliphatic heterocycles. The van der Waals surface area contributed by atoms with E-state index in [4.69, 9.17) is 0 Å². The highest BCUT2D eigenvalue weighted by atomic mass is 14.8. The number of H-pyrrole nitrogens is 1. The number of hydrogen-bond acceptors (Lipinski definition) is 0. The summed E-state index contributed by atoms with van der Waals surface area (Å²) in [5.74, 6) is 0. The third kappa shape index (κ3) is 3.20. The Morgan fingerprint density at radius 2 is 1.86 bits per heavy atom. The molecule has 2 N–H and O–H groups in total. The molecule has 0 aliphatic carbocycles. The zero-order valence-corrected chi connectivity index (χ0v) is 13.2. The Labute approximate surface area is 127 Å². The van der Waals surface area contributed by atoms with Gasteiger partial charge in [0.15, 0.2) is 5.71 Å². The molecule has 0 fully saturated rings. The Balaban J connectivity index is 1.64. The predicted octanol–water partition coefficient (Wildman–Crippen LogP) is 3.34. The number of hydrogen-bond donors (Lipinski definition) is 2. The molecule has 0 atom stereocenters. The largest absolute Gasteiger partial charge is 0.350 e. The molecule has 2 aromatic rings. The summed E-state index contributed by atoms with van der Waals surface area (Å²) in [5, 5.41) is 1.41. The van der Waals surface area contributed by atoms with Crippen LogP contribution in [0.4, 0.5) is 0 Å². The molecule has 0 amide bonds. The summed E-state index contributed by atoms with van der Waals surface area (Å²) in [7, 11) is 0. The number of aromatic nitrogens is 1. The molecule has 0 saturated heterocycles. The van der Waals surface area contributed by atoms with E-state index in [1.165, 1.54) is 72.8 Å². The van der Waals surface area contributed by atoms with Gasteiger partial charge in [-0.2, -0.15) is 0 Å². The van der Waals surface area contributed by atoms with E-state index < -0.39 is 0 Å². The number of rotatable bonds is 7. The first-order chi connectivity index (χ1) is 10.4. The van der Waals surface area contributed by atoms with Crippen LogP contribution in [0, 0.1) is 0 Å². The normalized spacial score (nSPS) is 14.2. The van der Waals surface area contributed by atoms with Gasteiger partial charge in [0.1, 0.15) is 12.2 Å². The van der Waals surface area contributed by atoms with Gasteiger partial charge in [-0.3, -0.25) is 0 Å². The second-order valence-corrected chi connectivity index (χ2v) is 6.20. The maximum atomic E-state index is 3.63. The van der Waals surface area contributed by atoms with Gasteiger partial charge in [-0.1, -0.05) is 57.2 Å². The minimum atomic E-state index is 1.08. The molecular weight excluding hydrogens is 256 g/mol. The minimum Gasteiger partial charge on any atom is -0.350 e. The smallest absolute Gasteiger partial charge is 0.198 e. The molecule has 0 radical (unpaired) electrons. The summed E-state index contributed by atoms with van der Waals surface area (Å²) >= 11 is 0. The summed E-state index contributed by atoms with van der Waals surface area (Å²) in [6.07, 6.45) is 10.5. The number of aromatic amines is 1. The van der Waals surface area contributed by atoms with Gasteiger partial charge < -0.3 is 4.98 Å². The SMILES string of the molecule is CCCCCCCCC1=[NH+]CCc2c1[nH]c1ccccc21. The standard InChI is InChI=1S/C19H26N2/c1-2-3-4-5-6-7-12-18-19-16(13-14-20-18)15-10-8-9-11-17(15)21-19/h8-11,21H,2-7,12-14H2,1H3/p+1. The summed E-state index contributed by atoms with van der Waals surface area (Å²) in [6.45, 7) is 3.36. The lowest BCUT2D eigenvalue weighted by atomic mass is 9.98. The van der Waals surface area contributed by atoms with Crippen LogP contribution in [-0.2, 0) is 6.42 Å². The van der Waals surface area contributed by atoms with Gasteiger partial charge in [0.2, 0.25) is 0 Å². The fraction of sp³-hybridized carbons (Fsp3) is 0.526. The lowest BCUT2D eigenvalue weighted by Gasteiger charge is -2.08. The van der Waals surface area contributed by atoms with Gasteiger partial charge >= 0.3 is 0 Å². The Bertz CT molecular complexity index is 622. The van der Waals surface area contributed by atoms with Crippen molar-refractivity contribution >= 4 is 16.6 Å². The molecule has 1 aromatic heterocycles. The summed E-state index contributed by atoms with van der Waals surface area (Å²) < 4.78 is 0. The topological polar surface area (TPSA) is 29.8 Å². The fourth-order valence-electron chi connectivity index (χ4n) is 3.44. The fourth-order valence-corrected chi connectivity index (χ4v) is 3.44. The Hall–Kier alpha value is -1.57. The quantitative estimate of drug-likeness (QED) is 0.730. The number of nitrogens with one attached hydrogen (secondary N) is 2. The number of benzene rings is 1. The summed E-state index contributed by atoms with van der Waals surface area (Å²) in [6, 6.07) is 8.70. The van der Waals surface area contributed by atoms with Crippen molar-refractivity contribution in [1.82, 2.24) is 4.98 Å². The van der Waals surface area contributed by atoms with Crippen LogP contribution in [0.2, 0.25) is 0 Å². The Morgan fingerprint density at radius 1 is 1.05 bits per heavy atom. The van der Waals surface area contributed by atoms with E-state index in [2.05, 4.69) is 41.2 Å². The van der Waals surface area contributed by atoms with Gasteiger partial charge in [0.05, 0.1) is 0 Å². The number of para-hydroxylation sites is 1. The van der Waals surface area contributed by atoms with E-state index in [0.29, 0.717) is 0 Å². The van der Waals surface area contributed by atoms with Gasteiger partial charge in [0, 0.05) is 23.7 Å². The van der Waals surface area contributed by atoms with Crippen LogP contribution in [0.3, 0.4) is 0 Å². The van der Waals surface area contributed by atoms with Crippen molar-refractivity contribution in [3.8, 4) is 0 Å². The van der Waals surface area contributed by atoms with E-state index in [1.54, 1.807) is 0 Å². The molecule has 1 aromatic carbocycles. The molecule has 2 heterocycles. The van der Waals surface area contributed by atoms with Crippen LogP contribution >= 0.6 is 0 Å². The molecule has 0 unspecified atom stereocenters. The van der Waals surface area contributed by atoms with E-state index in [0.717, 1.165) is 13.0 Å². The highest BCUT2D eigenvalue weighted by Crippen LogP contribution is 2.24. The lowest BCUT2D eigenvalue weighted by Crippen LogP contribution is -2.75. The average molecular weight is 283 g/mol. The van der Waals surface area contributed by atoms with Crippen LogP contribution in [0.25, 0.3) is 10.9 Å². The predicted molar refractivity (Wildman–Crippen MR) is 89.9 cm³/mol. The second kappa shape index (κ2) is 6.93. The maximum Gasteiger partial charge on any atom is 0.198 e. The van der Waals surface area contributed by atoms with Crippen molar-refractivity contribution in [3.05, 3.63) is 35.5 Å². The molecule has 0 spiro atoms. The maximum absolute atomic E-state index is 3.63. The molecule has 2 nitrogen and oxygen atoms in total. The van der Waals surface area contributed by atoms with Crippen LogP contribution in [-0.4, -0.2) is 17.2 Å². The van der Waals surface area contributed by atoms with E-state index >= 15 is 0 Å². The zero-order chi connectivity index (χ0) is 14.5. The van der Waals surface area contributed by atoms with Crippen LogP contribution in [0.15, 0.2) is 24.3 Å². The van der Waals surface area contributed by atoms with Crippen LogP contribution in [0.5, 0.6) is 0 Å². The van der Waals surface area contributed by atoms with Crippen molar-refractivity contribution in [2.75, 3.05) is 6.54 Å². The monoisotopic (exact) mass is 283 g/mol. The number of unbranched alkanes of at least 4 members (excludes halogenated alkanes) is 5. The Kier molecular flexibility index (Phi) is 4.74.